The average molecular weight is 238 g/mol. The molecule has 0 spiro atoms. The Bertz CT molecular complexity index is 404. The first-order valence-electron chi connectivity index (χ1n) is 4.71. The molecule has 1 aromatic carbocycles. The van der Waals surface area contributed by atoms with Crippen molar-refractivity contribution in [1.29, 1.82) is 0 Å². The van der Waals surface area contributed by atoms with Crippen LogP contribution in [0, 0.1) is 5.82 Å². The van der Waals surface area contributed by atoms with Crippen molar-refractivity contribution in [2.24, 2.45) is 0 Å². The van der Waals surface area contributed by atoms with Gasteiger partial charge < -0.3 is 5.32 Å². The molecule has 0 radical (unpaired) electrons. The molecular weight excluding hydrogens is 225 g/mol. The van der Waals surface area contributed by atoms with Crippen molar-refractivity contribution < 1.29 is 9.49 Å². The van der Waals surface area contributed by atoms with Gasteiger partial charge in [-0.25, -0.2) is 4.39 Å². The first kappa shape index (κ1) is 12.3. The van der Waals surface area contributed by atoms with Gasteiger partial charge in [0.15, 0.2) is 6.21 Å². The van der Waals surface area contributed by atoms with Crippen LogP contribution in [0.25, 0.3) is 0 Å². The average Bonchev–Trinajstić information content (AvgIpc) is 2.26. The van der Waals surface area contributed by atoms with E-state index in [4.69, 9.17) is 12.2 Å². The van der Waals surface area contributed by atoms with E-state index < -0.39 is 0 Å². The van der Waals surface area contributed by atoms with Crippen LogP contribution in [-0.4, -0.2) is 17.9 Å². The molecule has 16 heavy (non-hydrogen) atoms. The summed E-state index contributed by atoms with van der Waals surface area (Å²) in [4.78, 5) is 0. The topological polar surface area (TPSA) is 38.0 Å². The minimum Gasteiger partial charge on any atom is -0.355 e. The summed E-state index contributed by atoms with van der Waals surface area (Å²) in [7, 11) is 0. The fourth-order valence-corrected chi connectivity index (χ4v) is 1.13. The third kappa shape index (κ3) is 4.65. The van der Waals surface area contributed by atoms with Crippen molar-refractivity contribution in [1.82, 2.24) is 10.7 Å². The van der Waals surface area contributed by atoms with Gasteiger partial charge in [0.25, 0.3) is 0 Å². The van der Waals surface area contributed by atoms with Crippen molar-refractivity contribution in [3.8, 4) is 0 Å². The highest BCUT2D eigenvalue weighted by molar-refractivity contribution is 7.80. The van der Waals surface area contributed by atoms with Crippen LogP contribution in [0.3, 0.4) is 0 Å². The SMILES string of the molecule is C=CCNC(=S)N[NH+]=Cc1cccc(F)c1. The quantitative estimate of drug-likeness (QED) is 0.297. The lowest BCUT2D eigenvalue weighted by Gasteiger charge is -1.98. The molecule has 0 unspecified atom stereocenters. The predicted molar refractivity (Wildman–Crippen MR) is 66.5 cm³/mol. The molecular formula is C11H13FN3S+. The molecule has 0 aromatic heterocycles. The Balaban J connectivity index is 2.42. The van der Waals surface area contributed by atoms with E-state index in [0.717, 1.165) is 5.56 Å². The van der Waals surface area contributed by atoms with Crippen LogP contribution in [-0.2, 0) is 0 Å². The standard InChI is InChI=1S/C11H12FN3S/c1-2-6-13-11(16)15-14-8-9-4-3-5-10(12)7-9/h2-5,7-8H,1,6H2,(H2,13,15,16)/p+1. The Hall–Kier alpha value is -1.75. The highest BCUT2D eigenvalue weighted by Gasteiger charge is 1.95. The molecule has 0 aliphatic heterocycles. The van der Waals surface area contributed by atoms with Gasteiger partial charge in [-0.1, -0.05) is 12.1 Å². The van der Waals surface area contributed by atoms with E-state index >= 15 is 0 Å². The van der Waals surface area contributed by atoms with Crippen LogP contribution >= 0.6 is 12.2 Å². The second kappa shape index (κ2) is 6.68. The maximum absolute atomic E-state index is 12.8. The van der Waals surface area contributed by atoms with Crippen molar-refractivity contribution in [3.05, 3.63) is 48.3 Å². The van der Waals surface area contributed by atoms with Gasteiger partial charge in [-0.3, -0.25) is 0 Å². The smallest absolute Gasteiger partial charge is 0.224 e. The molecule has 3 N–H and O–H groups in total. The third-order valence-corrected chi connectivity index (χ3v) is 1.93. The number of hydrazone groups is 1. The number of hydrazine groups is 1. The van der Waals surface area contributed by atoms with Crippen molar-refractivity contribution in [3.63, 3.8) is 0 Å². The van der Waals surface area contributed by atoms with Crippen LogP contribution in [0.15, 0.2) is 36.9 Å². The fraction of sp³-hybridized carbons (Fsp3) is 0.0909. The lowest BCUT2D eigenvalue weighted by molar-refractivity contribution is -0.500. The van der Waals surface area contributed by atoms with E-state index in [2.05, 4.69) is 22.4 Å². The van der Waals surface area contributed by atoms with Crippen LogP contribution in [0.2, 0.25) is 0 Å². The number of hydrogen-bond donors (Lipinski definition) is 3. The summed E-state index contributed by atoms with van der Waals surface area (Å²) in [5.41, 5.74) is 3.45. The van der Waals surface area contributed by atoms with Crippen molar-refractivity contribution in [2.45, 2.75) is 0 Å². The summed E-state index contributed by atoms with van der Waals surface area (Å²) < 4.78 is 12.8. The van der Waals surface area contributed by atoms with E-state index in [9.17, 15) is 4.39 Å². The fourth-order valence-electron chi connectivity index (χ4n) is 0.990. The molecule has 84 valence electrons. The Kier molecular flexibility index (Phi) is 5.15. The molecule has 0 atom stereocenters. The van der Waals surface area contributed by atoms with Crippen molar-refractivity contribution in [2.75, 3.05) is 6.54 Å². The molecule has 1 aromatic rings. The molecule has 0 aliphatic carbocycles. The van der Waals surface area contributed by atoms with E-state index in [1.54, 1.807) is 24.4 Å². The first-order valence-corrected chi connectivity index (χ1v) is 5.12. The lowest BCUT2D eigenvalue weighted by atomic mass is 10.2. The number of benzene rings is 1. The van der Waals surface area contributed by atoms with Crippen LogP contribution in [0.1, 0.15) is 5.56 Å². The zero-order valence-electron chi connectivity index (χ0n) is 8.66. The molecule has 5 heteroatoms. The summed E-state index contributed by atoms with van der Waals surface area (Å²) in [6, 6.07) is 6.21. The van der Waals surface area contributed by atoms with Gasteiger partial charge in [-0.2, -0.15) is 0 Å². The lowest BCUT2D eigenvalue weighted by Crippen LogP contribution is -2.82. The molecule has 0 saturated carbocycles. The molecule has 0 heterocycles. The van der Waals surface area contributed by atoms with Gasteiger partial charge >= 0.3 is 0 Å². The molecule has 0 aliphatic rings. The molecule has 0 fully saturated rings. The number of hydrogen-bond acceptors (Lipinski definition) is 1. The van der Waals surface area contributed by atoms with Crippen LogP contribution in [0.5, 0.6) is 0 Å². The van der Waals surface area contributed by atoms with Gasteiger partial charge in [0.1, 0.15) is 5.82 Å². The number of halogens is 1. The Morgan fingerprint density at radius 3 is 3.06 bits per heavy atom. The van der Waals surface area contributed by atoms with Gasteiger partial charge in [0.2, 0.25) is 5.11 Å². The highest BCUT2D eigenvalue weighted by Crippen LogP contribution is 1.98. The van der Waals surface area contributed by atoms with E-state index in [0.29, 0.717) is 11.7 Å². The Morgan fingerprint density at radius 1 is 1.56 bits per heavy atom. The van der Waals surface area contributed by atoms with Gasteiger partial charge in [0.05, 0.1) is 0 Å². The molecule has 0 bridgehead atoms. The van der Waals surface area contributed by atoms with Gasteiger partial charge in [-0.15, -0.1) is 17.1 Å². The predicted octanol–water partition coefficient (Wildman–Crippen LogP) is -0.110. The van der Waals surface area contributed by atoms with Crippen LogP contribution in [0.4, 0.5) is 4.39 Å². The second-order valence-electron chi connectivity index (χ2n) is 2.97. The normalized spacial score (nSPS) is 10.1. The number of thiocarbonyl (C=S) groups is 1. The number of rotatable bonds is 4. The molecule has 3 nitrogen and oxygen atoms in total. The second-order valence-corrected chi connectivity index (χ2v) is 3.38. The summed E-state index contributed by atoms with van der Waals surface area (Å²) >= 11 is 4.93. The molecule has 0 amide bonds. The van der Waals surface area contributed by atoms with Crippen LogP contribution < -0.4 is 15.8 Å². The van der Waals surface area contributed by atoms with Crippen molar-refractivity contribution >= 4 is 23.5 Å². The third-order valence-electron chi connectivity index (χ3n) is 1.68. The summed E-state index contributed by atoms with van der Waals surface area (Å²) in [6.45, 7) is 4.14. The van der Waals surface area contributed by atoms with Gasteiger partial charge in [0, 0.05) is 12.1 Å². The number of nitrogens with one attached hydrogen (secondary N) is 3. The zero-order valence-corrected chi connectivity index (χ0v) is 9.48. The maximum atomic E-state index is 12.8. The molecule has 1 rings (SSSR count). The zero-order chi connectivity index (χ0) is 11.8. The van der Waals surface area contributed by atoms with E-state index in [1.807, 2.05) is 0 Å². The first-order chi connectivity index (χ1) is 7.72. The minimum absolute atomic E-state index is 0.275. The summed E-state index contributed by atoms with van der Waals surface area (Å²) in [5, 5.41) is 6.09. The largest absolute Gasteiger partial charge is 0.355 e. The van der Waals surface area contributed by atoms with E-state index in [1.165, 1.54) is 12.1 Å². The monoisotopic (exact) mass is 238 g/mol. The Labute approximate surface area is 99.1 Å². The molecule has 0 saturated heterocycles. The summed E-state index contributed by atoms with van der Waals surface area (Å²) in [5.74, 6) is -0.275. The maximum Gasteiger partial charge on any atom is 0.224 e. The Morgan fingerprint density at radius 2 is 2.38 bits per heavy atom. The highest BCUT2D eigenvalue weighted by atomic mass is 32.1. The van der Waals surface area contributed by atoms with E-state index in [-0.39, 0.29) is 5.82 Å². The minimum atomic E-state index is -0.275. The summed E-state index contributed by atoms with van der Waals surface area (Å²) in [6.07, 6.45) is 3.31. The van der Waals surface area contributed by atoms with Gasteiger partial charge in [-0.05, 0) is 30.4 Å².